The molecule has 3 rings (SSSR count). The highest BCUT2D eigenvalue weighted by atomic mass is 16.5. The van der Waals surface area contributed by atoms with E-state index in [9.17, 15) is 9.59 Å². The highest BCUT2D eigenvalue weighted by Crippen LogP contribution is 2.45. The zero-order valence-electron chi connectivity index (χ0n) is 12.7. The number of benzene rings is 1. The number of hydrogen-bond donors (Lipinski definition) is 1. The molecule has 0 radical (unpaired) electrons. The molecule has 5 heteroatoms. The molecule has 5 nitrogen and oxygen atoms in total. The Morgan fingerprint density at radius 1 is 1.36 bits per heavy atom. The molecule has 22 heavy (non-hydrogen) atoms. The number of carbonyl (C=O) groups is 2. The average molecular weight is 301 g/mol. The van der Waals surface area contributed by atoms with E-state index in [4.69, 9.17) is 9.47 Å². The lowest BCUT2D eigenvalue weighted by molar-refractivity contribution is -0.145. The van der Waals surface area contributed by atoms with Crippen LogP contribution < -0.4 is 5.32 Å². The van der Waals surface area contributed by atoms with Crippen molar-refractivity contribution in [1.82, 2.24) is 0 Å². The number of carbonyl (C=O) groups excluding carboxylic acids is 2. The number of rotatable bonds is 3. The maximum atomic E-state index is 12.3. The lowest BCUT2D eigenvalue weighted by Crippen LogP contribution is -2.43. The number of anilines is 1. The molecule has 116 valence electrons. The van der Waals surface area contributed by atoms with Gasteiger partial charge in [-0.2, -0.15) is 0 Å². The number of methoxy groups -OCH3 is 1. The highest BCUT2D eigenvalue weighted by Gasteiger charge is 2.42. The van der Waals surface area contributed by atoms with Crippen molar-refractivity contribution >= 4 is 17.6 Å². The van der Waals surface area contributed by atoms with Gasteiger partial charge in [0, 0.05) is 11.8 Å². The third kappa shape index (κ3) is 2.26. The molecule has 0 aromatic heterocycles. The van der Waals surface area contributed by atoms with E-state index in [1.807, 2.05) is 12.1 Å². The zero-order chi connectivity index (χ0) is 15.7. The van der Waals surface area contributed by atoms with Crippen LogP contribution in [0.1, 0.15) is 35.2 Å². The summed E-state index contributed by atoms with van der Waals surface area (Å²) in [6.07, 6.45) is 5.02. The molecule has 1 aromatic rings. The predicted molar refractivity (Wildman–Crippen MR) is 81.8 cm³/mol. The minimum Gasteiger partial charge on any atom is -0.465 e. The first-order valence-corrected chi connectivity index (χ1v) is 7.48. The van der Waals surface area contributed by atoms with Crippen LogP contribution in [-0.4, -0.2) is 31.7 Å². The molecule has 2 aliphatic rings. The number of fused-ring (bicyclic) bond motifs is 3. The Bertz CT molecular complexity index is 638. The number of ether oxygens (including phenoxy) is 2. The Kier molecular flexibility index (Phi) is 3.88. The van der Waals surface area contributed by atoms with Gasteiger partial charge in [-0.3, -0.25) is 0 Å². The molecular weight excluding hydrogens is 282 g/mol. The summed E-state index contributed by atoms with van der Waals surface area (Å²) >= 11 is 0. The molecule has 0 unspecified atom stereocenters. The fourth-order valence-corrected chi connectivity index (χ4v) is 3.37. The molecule has 1 aromatic carbocycles. The first kappa shape index (κ1) is 14.6. The van der Waals surface area contributed by atoms with Crippen LogP contribution in [0.4, 0.5) is 5.69 Å². The number of esters is 2. The Hall–Kier alpha value is -2.30. The standard InChI is InChI=1S/C17H19NO4/c1-3-22-17(20)15-12-8-4-6-10(12)11-7-5-9-13(14(11)18-15)16(19)21-2/h4-7,9-10,12,15,18H,3,8H2,1-2H3/t10-,12-,15+/m0/s1. The van der Waals surface area contributed by atoms with E-state index in [-0.39, 0.29) is 17.8 Å². The quantitative estimate of drug-likeness (QED) is 0.686. The van der Waals surface area contributed by atoms with Crippen LogP contribution in [0.2, 0.25) is 0 Å². The van der Waals surface area contributed by atoms with Gasteiger partial charge < -0.3 is 14.8 Å². The van der Waals surface area contributed by atoms with Gasteiger partial charge in [-0.05, 0) is 25.0 Å². The summed E-state index contributed by atoms with van der Waals surface area (Å²) in [5.74, 6) is -0.436. The van der Waals surface area contributed by atoms with Gasteiger partial charge in [0.2, 0.25) is 0 Å². The van der Waals surface area contributed by atoms with E-state index in [0.717, 1.165) is 12.0 Å². The molecule has 1 N–H and O–H groups in total. The van der Waals surface area contributed by atoms with E-state index in [0.29, 0.717) is 17.9 Å². The van der Waals surface area contributed by atoms with Crippen LogP contribution in [0.15, 0.2) is 30.4 Å². The van der Waals surface area contributed by atoms with Gasteiger partial charge in [0.25, 0.3) is 0 Å². The molecule has 0 bridgehead atoms. The monoisotopic (exact) mass is 301 g/mol. The predicted octanol–water partition coefficient (Wildman–Crippen LogP) is 2.49. The van der Waals surface area contributed by atoms with Crippen LogP contribution in [0.25, 0.3) is 0 Å². The number of nitrogens with one attached hydrogen (secondary N) is 1. The topological polar surface area (TPSA) is 64.6 Å². The summed E-state index contributed by atoms with van der Waals surface area (Å²) < 4.78 is 10.0. The number of allylic oxidation sites excluding steroid dienone is 2. The van der Waals surface area contributed by atoms with Gasteiger partial charge in [-0.25, -0.2) is 9.59 Å². The van der Waals surface area contributed by atoms with Gasteiger partial charge in [0.1, 0.15) is 6.04 Å². The molecule has 1 heterocycles. The fraction of sp³-hybridized carbons (Fsp3) is 0.412. The van der Waals surface area contributed by atoms with Crippen molar-refractivity contribution in [3.63, 3.8) is 0 Å². The van der Waals surface area contributed by atoms with Gasteiger partial charge in [-0.1, -0.05) is 24.3 Å². The molecule has 1 aliphatic carbocycles. The highest BCUT2D eigenvalue weighted by molar-refractivity contribution is 5.98. The maximum absolute atomic E-state index is 12.3. The smallest absolute Gasteiger partial charge is 0.339 e. The number of hydrogen-bond acceptors (Lipinski definition) is 5. The van der Waals surface area contributed by atoms with E-state index in [2.05, 4.69) is 17.5 Å². The summed E-state index contributed by atoms with van der Waals surface area (Å²) in [5.41, 5.74) is 2.16. The molecule has 1 aliphatic heterocycles. The van der Waals surface area contributed by atoms with Crippen LogP contribution >= 0.6 is 0 Å². The van der Waals surface area contributed by atoms with Crippen molar-refractivity contribution < 1.29 is 19.1 Å². The van der Waals surface area contributed by atoms with Crippen molar-refractivity contribution in [2.45, 2.75) is 25.3 Å². The molecule has 0 saturated carbocycles. The number of para-hydroxylation sites is 1. The molecule has 0 fully saturated rings. The molecule has 0 spiro atoms. The minimum atomic E-state index is -0.446. The third-order valence-electron chi connectivity index (χ3n) is 4.34. The van der Waals surface area contributed by atoms with Crippen molar-refractivity contribution in [1.29, 1.82) is 0 Å². The van der Waals surface area contributed by atoms with Crippen LogP contribution in [0.3, 0.4) is 0 Å². The molecule has 0 saturated heterocycles. The Labute approximate surface area is 129 Å². The second-order valence-electron chi connectivity index (χ2n) is 5.49. The van der Waals surface area contributed by atoms with E-state index >= 15 is 0 Å². The first-order chi connectivity index (χ1) is 10.7. The SMILES string of the molecule is CCOC(=O)[C@@H]1Nc2c(C(=O)OC)cccc2[C@@H]2C=CC[C@H]12. The summed E-state index contributed by atoms with van der Waals surface area (Å²) in [7, 11) is 1.35. The Balaban J connectivity index is 2.04. The Morgan fingerprint density at radius 3 is 2.91 bits per heavy atom. The van der Waals surface area contributed by atoms with E-state index in [1.165, 1.54) is 7.11 Å². The zero-order valence-corrected chi connectivity index (χ0v) is 12.7. The van der Waals surface area contributed by atoms with Gasteiger partial charge in [0.05, 0.1) is 25.0 Å². The summed E-state index contributed by atoms with van der Waals surface area (Å²) in [5, 5.41) is 3.22. The summed E-state index contributed by atoms with van der Waals surface area (Å²) in [4.78, 5) is 24.3. The minimum absolute atomic E-state index is 0.121. The summed E-state index contributed by atoms with van der Waals surface area (Å²) in [6.45, 7) is 2.13. The van der Waals surface area contributed by atoms with Crippen LogP contribution in [0.5, 0.6) is 0 Å². The van der Waals surface area contributed by atoms with Crippen molar-refractivity contribution in [2.24, 2.45) is 5.92 Å². The maximum Gasteiger partial charge on any atom is 0.339 e. The summed E-state index contributed by atoms with van der Waals surface area (Å²) in [6, 6.07) is 5.10. The second kappa shape index (κ2) is 5.83. The largest absolute Gasteiger partial charge is 0.465 e. The first-order valence-electron chi connectivity index (χ1n) is 7.48. The molecule has 0 amide bonds. The van der Waals surface area contributed by atoms with Crippen LogP contribution in [-0.2, 0) is 14.3 Å². The van der Waals surface area contributed by atoms with Crippen molar-refractivity contribution in [2.75, 3.05) is 19.0 Å². The lowest BCUT2D eigenvalue weighted by atomic mass is 9.78. The third-order valence-corrected chi connectivity index (χ3v) is 4.34. The van der Waals surface area contributed by atoms with Gasteiger partial charge >= 0.3 is 11.9 Å². The van der Waals surface area contributed by atoms with E-state index < -0.39 is 12.0 Å². The van der Waals surface area contributed by atoms with Crippen LogP contribution in [0, 0.1) is 5.92 Å². The fourth-order valence-electron chi connectivity index (χ4n) is 3.37. The average Bonchev–Trinajstić information content (AvgIpc) is 3.02. The Morgan fingerprint density at radius 2 is 2.18 bits per heavy atom. The van der Waals surface area contributed by atoms with E-state index in [1.54, 1.807) is 13.0 Å². The lowest BCUT2D eigenvalue weighted by Gasteiger charge is -2.36. The van der Waals surface area contributed by atoms with Gasteiger partial charge in [0.15, 0.2) is 0 Å². The molecular formula is C17H19NO4. The molecule has 3 atom stereocenters. The van der Waals surface area contributed by atoms with Gasteiger partial charge in [-0.15, -0.1) is 0 Å². The van der Waals surface area contributed by atoms with Crippen molar-refractivity contribution in [3.8, 4) is 0 Å². The normalized spacial score (nSPS) is 24.9. The van der Waals surface area contributed by atoms with Crippen molar-refractivity contribution in [3.05, 3.63) is 41.5 Å². The second-order valence-corrected chi connectivity index (χ2v) is 5.49.